The number of para-hydroxylation sites is 1. The fourth-order valence-electron chi connectivity index (χ4n) is 7.22. The number of hydrogen-bond acceptors (Lipinski definition) is 5. The van der Waals surface area contributed by atoms with Crippen LogP contribution in [0.4, 0.5) is 5.69 Å². The minimum Gasteiger partial charge on any atom is -0.466 e. The SMILES string of the molecule is COC(=O)C1=C2Nc3ccccc3C23CCN(Cc2ccccc2)C3C(CC(C)(C)CO[Si](C)(C)C(C)(C)C)C1. The van der Waals surface area contributed by atoms with Crippen molar-refractivity contribution in [1.29, 1.82) is 0 Å². The van der Waals surface area contributed by atoms with Crippen LogP contribution in [0.5, 0.6) is 0 Å². The maximum Gasteiger partial charge on any atom is 0.335 e. The molecule has 3 atom stereocenters. The topological polar surface area (TPSA) is 50.8 Å². The van der Waals surface area contributed by atoms with Crippen molar-refractivity contribution >= 4 is 20.0 Å². The molecule has 216 valence electrons. The van der Waals surface area contributed by atoms with E-state index in [2.05, 4.69) is 113 Å². The number of nitrogens with zero attached hydrogens (tertiary/aromatic N) is 1. The summed E-state index contributed by atoms with van der Waals surface area (Å²) >= 11 is 0. The Morgan fingerprint density at radius 2 is 1.73 bits per heavy atom. The summed E-state index contributed by atoms with van der Waals surface area (Å²) in [5.74, 6) is 0.0880. The summed E-state index contributed by atoms with van der Waals surface area (Å²) in [6, 6.07) is 19.8. The van der Waals surface area contributed by atoms with Gasteiger partial charge in [-0.25, -0.2) is 4.79 Å². The monoisotopic (exact) mass is 560 g/mol. The fraction of sp³-hybridized carbons (Fsp3) is 0.559. The van der Waals surface area contributed by atoms with Gasteiger partial charge < -0.3 is 14.5 Å². The molecule has 1 fully saturated rings. The average Bonchev–Trinajstić information content (AvgIpc) is 3.45. The zero-order valence-corrected chi connectivity index (χ0v) is 26.8. The highest BCUT2D eigenvalue weighted by atomic mass is 28.4. The van der Waals surface area contributed by atoms with E-state index in [0.717, 1.165) is 49.5 Å². The zero-order valence-electron chi connectivity index (χ0n) is 25.8. The second-order valence-electron chi connectivity index (χ2n) is 14.5. The summed E-state index contributed by atoms with van der Waals surface area (Å²) in [5.41, 5.74) is 5.41. The van der Waals surface area contributed by atoms with E-state index in [-0.39, 0.29) is 33.8 Å². The molecular formula is C34H48N2O3Si. The molecule has 2 aliphatic heterocycles. The first-order valence-corrected chi connectivity index (χ1v) is 17.8. The Morgan fingerprint density at radius 1 is 1.05 bits per heavy atom. The van der Waals surface area contributed by atoms with Crippen LogP contribution in [0.1, 0.15) is 65.0 Å². The van der Waals surface area contributed by atoms with Gasteiger partial charge in [-0.3, -0.25) is 4.90 Å². The summed E-state index contributed by atoms with van der Waals surface area (Å²) in [6.45, 7) is 18.9. The molecule has 0 radical (unpaired) electrons. The molecule has 1 N–H and O–H groups in total. The minimum absolute atomic E-state index is 0.0351. The number of hydrogen-bond donors (Lipinski definition) is 1. The number of carbonyl (C=O) groups is 1. The Morgan fingerprint density at radius 3 is 2.40 bits per heavy atom. The van der Waals surface area contributed by atoms with Crippen molar-refractivity contribution in [1.82, 2.24) is 4.90 Å². The van der Waals surface area contributed by atoms with E-state index in [1.54, 1.807) is 0 Å². The lowest BCUT2D eigenvalue weighted by Gasteiger charge is -2.48. The number of esters is 1. The maximum atomic E-state index is 13.3. The van der Waals surface area contributed by atoms with E-state index in [9.17, 15) is 4.79 Å². The molecule has 2 aromatic carbocycles. The van der Waals surface area contributed by atoms with E-state index in [1.165, 1.54) is 18.2 Å². The molecule has 40 heavy (non-hydrogen) atoms. The van der Waals surface area contributed by atoms with Crippen LogP contribution in [0.25, 0.3) is 0 Å². The predicted octanol–water partition coefficient (Wildman–Crippen LogP) is 7.51. The Bertz CT molecular complexity index is 1280. The number of ether oxygens (including phenoxy) is 1. The Kier molecular flexibility index (Phi) is 7.60. The van der Waals surface area contributed by atoms with Gasteiger partial charge in [0, 0.05) is 37.1 Å². The standard InChI is InChI=1S/C34H48N2O3Si/c1-32(2,3)40(7,8)39-23-33(4,5)21-25-20-26(31(37)38-6)29-34(27-16-12-13-17-28(27)35-29)18-19-36(30(25)34)22-24-14-10-9-11-15-24/h9-17,25,30,35H,18-23H2,1-8H3. The second kappa shape index (κ2) is 10.5. The molecule has 0 bridgehead atoms. The smallest absolute Gasteiger partial charge is 0.335 e. The van der Waals surface area contributed by atoms with Crippen LogP contribution < -0.4 is 5.32 Å². The molecule has 2 heterocycles. The molecule has 1 saturated heterocycles. The van der Waals surface area contributed by atoms with Crippen molar-refractivity contribution in [3.8, 4) is 0 Å². The third-order valence-electron chi connectivity index (χ3n) is 10.1. The second-order valence-corrected chi connectivity index (χ2v) is 19.3. The van der Waals surface area contributed by atoms with E-state index in [4.69, 9.17) is 9.16 Å². The van der Waals surface area contributed by atoms with Crippen LogP contribution in [0.15, 0.2) is 65.9 Å². The Balaban J connectivity index is 1.55. The molecule has 2 aromatic rings. The van der Waals surface area contributed by atoms with Gasteiger partial charge in [0.2, 0.25) is 0 Å². The molecule has 5 rings (SSSR count). The van der Waals surface area contributed by atoms with Crippen molar-refractivity contribution in [3.63, 3.8) is 0 Å². The lowest BCUT2D eigenvalue weighted by Crippen LogP contribution is -2.52. The van der Waals surface area contributed by atoms with Crippen molar-refractivity contribution in [3.05, 3.63) is 77.0 Å². The maximum absolute atomic E-state index is 13.3. The molecule has 1 aliphatic carbocycles. The number of carbonyl (C=O) groups excluding carboxylic acids is 1. The first-order chi connectivity index (χ1) is 18.8. The van der Waals surface area contributed by atoms with Crippen LogP contribution in [-0.4, -0.2) is 45.5 Å². The van der Waals surface area contributed by atoms with E-state index in [1.807, 2.05) is 0 Å². The first kappa shape index (κ1) is 29.1. The van der Waals surface area contributed by atoms with Crippen molar-refractivity contribution in [2.24, 2.45) is 11.3 Å². The van der Waals surface area contributed by atoms with Gasteiger partial charge in [0.25, 0.3) is 0 Å². The van der Waals surface area contributed by atoms with Gasteiger partial charge >= 0.3 is 5.97 Å². The number of benzene rings is 2. The molecule has 5 nitrogen and oxygen atoms in total. The van der Waals surface area contributed by atoms with Crippen LogP contribution in [0, 0.1) is 11.3 Å². The summed E-state index contributed by atoms with van der Waals surface area (Å²) in [7, 11) is -0.370. The van der Waals surface area contributed by atoms with E-state index < -0.39 is 8.32 Å². The first-order valence-electron chi connectivity index (χ1n) is 14.9. The molecule has 6 heteroatoms. The number of rotatable bonds is 8. The lowest BCUT2D eigenvalue weighted by molar-refractivity contribution is -0.136. The molecule has 1 spiro atoms. The van der Waals surface area contributed by atoms with E-state index in [0.29, 0.717) is 6.42 Å². The molecular weight excluding hydrogens is 512 g/mol. The van der Waals surface area contributed by atoms with Crippen molar-refractivity contribution in [2.75, 3.05) is 25.6 Å². The van der Waals surface area contributed by atoms with Gasteiger partial charge in [-0.1, -0.05) is 83.1 Å². The number of fused-ring (bicyclic) bond motifs is 1. The van der Waals surface area contributed by atoms with Crippen LogP contribution in [0.2, 0.25) is 18.1 Å². The number of anilines is 1. The van der Waals surface area contributed by atoms with Gasteiger partial charge in [-0.15, -0.1) is 0 Å². The third-order valence-corrected chi connectivity index (χ3v) is 14.6. The van der Waals surface area contributed by atoms with Crippen LogP contribution >= 0.6 is 0 Å². The molecule has 0 aromatic heterocycles. The molecule has 0 saturated carbocycles. The van der Waals surface area contributed by atoms with Crippen LogP contribution in [0.3, 0.4) is 0 Å². The zero-order chi connectivity index (χ0) is 28.9. The fourth-order valence-corrected chi connectivity index (χ4v) is 8.40. The number of likely N-dealkylation sites (tertiary alicyclic amines) is 1. The number of nitrogens with one attached hydrogen (secondary N) is 1. The highest BCUT2D eigenvalue weighted by Gasteiger charge is 2.61. The van der Waals surface area contributed by atoms with Gasteiger partial charge in [0.15, 0.2) is 8.32 Å². The average molecular weight is 561 g/mol. The van der Waals surface area contributed by atoms with Gasteiger partial charge in [-0.2, -0.15) is 0 Å². The largest absolute Gasteiger partial charge is 0.466 e. The lowest BCUT2D eigenvalue weighted by atomic mass is 9.61. The van der Waals surface area contributed by atoms with Crippen molar-refractivity contribution < 1.29 is 14.0 Å². The Hall–Kier alpha value is -2.41. The predicted molar refractivity (Wildman–Crippen MR) is 166 cm³/mol. The van der Waals surface area contributed by atoms with Gasteiger partial charge in [-0.05, 0) is 65.9 Å². The summed E-state index contributed by atoms with van der Waals surface area (Å²) in [4.78, 5) is 16.0. The normalized spacial score (nSPS) is 24.8. The van der Waals surface area contributed by atoms with Gasteiger partial charge in [0.05, 0.1) is 18.1 Å². The van der Waals surface area contributed by atoms with Gasteiger partial charge in [0.1, 0.15) is 0 Å². The Labute approximate surface area is 242 Å². The van der Waals surface area contributed by atoms with E-state index >= 15 is 0 Å². The van der Waals surface area contributed by atoms with Crippen LogP contribution in [-0.2, 0) is 25.9 Å². The van der Waals surface area contributed by atoms with Crippen molar-refractivity contribution in [2.45, 2.75) is 90.0 Å². The number of methoxy groups -OCH3 is 1. The molecule has 3 aliphatic rings. The quantitative estimate of drug-likeness (QED) is 0.267. The highest BCUT2D eigenvalue weighted by Crippen LogP contribution is 2.60. The summed E-state index contributed by atoms with van der Waals surface area (Å²) in [5, 5.41) is 3.90. The summed E-state index contributed by atoms with van der Waals surface area (Å²) < 4.78 is 12.2. The summed E-state index contributed by atoms with van der Waals surface area (Å²) in [6.07, 6.45) is 2.68. The molecule has 0 amide bonds. The minimum atomic E-state index is -1.88. The molecule has 3 unspecified atom stereocenters. The third kappa shape index (κ3) is 5.08. The highest BCUT2D eigenvalue weighted by molar-refractivity contribution is 6.74.